The van der Waals surface area contributed by atoms with Gasteiger partial charge in [0.25, 0.3) is 11.6 Å². The molecule has 3 rings (SSSR count). The van der Waals surface area contributed by atoms with Crippen molar-refractivity contribution in [3.05, 3.63) is 73.9 Å². The summed E-state index contributed by atoms with van der Waals surface area (Å²) in [6.45, 7) is 4.71. The largest absolute Gasteiger partial charge is 0.486 e. The SMILES string of the molecule is CCn1ncc(Br)c1CNC(=O)c1ccc(COc2ccc([N+](=O)[O-])c(C)c2)o1. The summed E-state index contributed by atoms with van der Waals surface area (Å²) in [5.74, 6) is 0.763. The topological polar surface area (TPSA) is 112 Å². The molecule has 1 N–H and O–H groups in total. The Balaban J connectivity index is 1.57. The van der Waals surface area contributed by atoms with Crippen LogP contribution in [0.1, 0.15) is 34.5 Å². The van der Waals surface area contributed by atoms with Crippen LogP contribution in [0, 0.1) is 17.0 Å². The number of rotatable bonds is 8. The van der Waals surface area contributed by atoms with Gasteiger partial charge in [0, 0.05) is 18.2 Å². The Hall–Kier alpha value is -3.14. The second-order valence-electron chi connectivity index (χ2n) is 6.20. The summed E-state index contributed by atoms with van der Waals surface area (Å²) in [4.78, 5) is 22.8. The molecule has 0 saturated heterocycles. The molecular formula is C19H19BrN4O5. The number of benzene rings is 1. The van der Waals surface area contributed by atoms with Gasteiger partial charge in [0.1, 0.15) is 18.1 Å². The van der Waals surface area contributed by atoms with E-state index in [0.717, 1.165) is 10.2 Å². The van der Waals surface area contributed by atoms with Crippen molar-refractivity contribution >= 4 is 27.5 Å². The van der Waals surface area contributed by atoms with Crippen molar-refractivity contribution in [3.63, 3.8) is 0 Å². The fraction of sp³-hybridized carbons (Fsp3) is 0.263. The highest BCUT2D eigenvalue weighted by molar-refractivity contribution is 9.10. The summed E-state index contributed by atoms with van der Waals surface area (Å²) < 4.78 is 13.8. The Morgan fingerprint density at radius 1 is 1.38 bits per heavy atom. The Bertz CT molecular complexity index is 1040. The number of nitro benzene ring substituents is 1. The quantitative estimate of drug-likeness (QED) is 0.400. The van der Waals surface area contributed by atoms with Gasteiger partial charge in [-0.05, 0) is 54.0 Å². The van der Waals surface area contributed by atoms with Crippen LogP contribution >= 0.6 is 15.9 Å². The first-order chi connectivity index (χ1) is 13.9. The van der Waals surface area contributed by atoms with Gasteiger partial charge in [-0.25, -0.2) is 0 Å². The van der Waals surface area contributed by atoms with Gasteiger partial charge < -0.3 is 14.5 Å². The van der Waals surface area contributed by atoms with Crippen LogP contribution in [0.3, 0.4) is 0 Å². The zero-order chi connectivity index (χ0) is 21.0. The van der Waals surface area contributed by atoms with E-state index < -0.39 is 4.92 Å². The number of halogens is 1. The molecule has 1 aromatic carbocycles. The predicted octanol–water partition coefficient (Wildman–Crippen LogP) is 3.98. The fourth-order valence-electron chi connectivity index (χ4n) is 2.74. The van der Waals surface area contributed by atoms with E-state index in [1.807, 2.05) is 6.92 Å². The highest BCUT2D eigenvalue weighted by atomic mass is 79.9. The second kappa shape index (κ2) is 8.91. The molecule has 2 aromatic heterocycles. The smallest absolute Gasteiger partial charge is 0.287 e. The monoisotopic (exact) mass is 462 g/mol. The van der Waals surface area contributed by atoms with E-state index in [4.69, 9.17) is 9.15 Å². The van der Waals surface area contributed by atoms with Crippen molar-refractivity contribution in [2.45, 2.75) is 33.5 Å². The number of ether oxygens (including phenoxy) is 1. The first kappa shape index (κ1) is 20.6. The normalized spacial score (nSPS) is 10.7. The summed E-state index contributed by atoms with van der Waals surface area (Å²) in [6.07, 6.45) is 1.69. The number of furan rings is 1. The maximum Gasteiger partial charge on any atom is 0.287 e. The molecule has 3 aromatic rings. The van der Waals surface area contributed by atoms with E-state index in [0.29, 0.717) is 30.2 Å². The molecule has 0 spiro atoms. The van der Waals surface area contributed by atoms with Crippen molar-refractivity contribution in [3.8, 4) is 5.75 Å². The zero-order valence-corrected chi connectivity index (χ0v) is 17.4. The summed E-state index contributed by atoms with van der Waals surface area (Å²) >= 11 is 3.42. The minimum atomic E-state index is -0.442. The van der Waals surface area contributed by atoms with E-state index in [1.165, 1.54) is 12.1 Å². The summed E-state index contributed by atoms with van der Waals surface area (Å²) in [6, 6.07) is 7.73. The van der Waals surface area contributed by atoms with E-state index in [1.54, 1.807) is 36.0 Å². The van der Waals surface area contributed by atoms with Gasteiger partial charge in [-0.3, -0.25) is 19.6 Å². The average Bonchev–Trinajstić information content (AvgIpc) is 3.30. The molecular weight excluding hydrogens is 444 g/mol. The van der Waals surface area contributed by atoms with Crippen LogP contribution in [0.5, 0.6) is 5.75 Å². The highest BCUT2D eigenvalue weighted by Crippen LogP contribution is 2.24. The third-order valence-corrected chi connectivity index (χ3v) is 4.91. The number of nitrogens with zero attached hydrogens (tertiary/aromatic N) is 3. The Morgan fingerprint density at radius 2 is 2.17 bits per heavy atom. The number of hydrogen-bond acceptors (Lipinski definition) is 6. The van der Waals surface area contributed by atoms with Crippen LogP contribution in [0.25, 0.3) is 0 Å². The Kier molecular flexibility index (Phi) is 6.32. The molecule has 0 radical (unpaired) electrons. The number of aryl methyl sites for hydroxylation is 2. The molecule has 0 saturated carbocycles. The minimum Gasteiger partial charge on any atom is -0.486 e. The molecule has 10 heteroatoms. The summed E-state index contributed by atoms with van der Waals surface area (Å²) in [7, 11) is 0. The second-order valence-corrected chi connectivity index (χ2v) is 7.05. The lowest BCUT2D eigenvalue weighted by atomic mass is 10.2. The molecule has 29 heavy (non-hydrogen) atoms. The molecule has 0 aliphatic carbocycles. The van der Waals surface area contributed by atoms with Gasteiger partial charge in [0.2, 0.25) is 0 Å². The van der Waals surface area contributed by atoms with Crippen LogP contribution in [0.15, 0.2) is 45.4 Å². The van der Waals surface area contributed by atoms with E-state index in [9.17, 15) is 14.9 Å². The Morgan fingerprint density at radius 3 is 2.86 bits per heavy atom. The number of nitrogens with one attached hydrogen (secondary N) is 1. The van der Waals surface area contributed by atoms with Crippen molar-refractivity contribution in [1.29, 1.82) is 0 Å². The third-order valence-electron chi connectivity index (χ3n) is 4.25. The fourth-order valence-corrected chi connectivity index (χ4v) is 3.18. The maximum atomic E-state index is 12.3. The van der Waals surface area contributed by atoms with E-state index in [2.05, 4.69) is 26.3 Å². The lowest BCUT2D eigenvalue weighted by Crippen LogP contribution is -2.24. The lowest BCUT2D eigenvalue weighted by molar-refractivity contribution is -0.385. The van der Waals surface area contributed by atoms with Crippen LogP contribution < -0.4 is 10.1 Å². The number of hydrogen-bond donors (Lipinski definition) is 1. The number of nitro groups is 1. The van der Waals surface area contributed by atoms with Gasteiger partial charge >= 0.3 is 0 Å². The molecule has 0 fully saturated rings. The maximum absolute atomic E-state index is 12.3. The molecule has 9 nitrogen and oxygen atoms in total. The zero-order valence-electron chi connectivity index (χ0n) is 15.8. The van der Waals surface area contributed by atoms with Crippen LogP contribution in [0.4, 0.5) is 5.69 Å². The van der Waals surface area contributed by atoms with Crippen molar-refractivity contribution in [2.75, 3.05) is 0 Å². The van der Waals surface area contributed by atoms with Crippen LogP contribution in [-0.2, 0) is 19.7 Å². The molecule has 0 bridgehead atoms. The molecule has 0 unspecified atom stereocenters. The van der Waals surface area contributed by atoms with Crippen molar-refractivity contribution in [2.24, 2.45) is 0 Å². The lowest BCUT2D eigenvalue weighted by Gasteiger charge is -2.07. The number of aromatic nitrogens is 2. The average molecular weight is 463 g/mol. The molecule has 0 atom stereocenters. The first-order valence-corrected chi connectivity index (χ1v) is 9.63. The van der Waals surface area contributed by atoms with Gasteiger partial charge in [-0.15, -0.1) is 0 Å². The predicted molar refractivity (Wildman–Crippen MR) is 108 cm³/mol. The van der Waals surface area contributed by atoms with E-state index in [-0.39, 0.29) is 24.0 Å². The first-order valence-electron chi connectivity index (χ1n) is 8.84. The summed E-state index contributed by atoms with van der Waals surface area (Å²) in [5, 5.41) is 17.9. The van der Waals surface area contributed by atoms with E-state index >= 15 is 0 Å². The number of carbonyl (C=O) groups is 1. The number of amides is 1. The number of carbonyl (C=O) groups excluding carboxylic acids is 1. The van der Waals surface area contributed by atoms with Gasteiger partial charge in [-0.1, -0.05) is 0 Å². The van der Waals surface area contributed by atoms with Gasteiger partial charge in [-0.2, -0.15) is 5.10 Å². The standard InChI is InChI=1S/C19H19BrN4O5/c1-3-23-17(15(20)9-22-23)10-21-19(25)18-7-5-14(29-18)11-28-13-4-6-16(24(26)27)12(2)8-13/h4-9H,3,10-11H2,1-2H3,(H,21,25). The van der Waals surface area contributed by atoms with Crippen molar-refractivity contribution < 1.29 is 18.9 Å². The summed E-state index contributed by atoms with van der Waals surface area (Å²) in [5.41, 5.74) is 1.40. The molecule has 1 amide bonds. The van der Waals surface area contributed by atoms with Crippen LogP contribution in [-0.4, -0.2) is 20.6 Å². The van der Waals surface area contributed by atoms with Gasteiger partial charge in [0.05, 0.1) is 27.8 Å². The Labute approximate surface area is 174 Å². The molecule has 152 valence electrons. The van der Waals surface area contributed by atoms with Crippen LogP contribution in [0.2, 0.25) is 0 Å². The van der Waals surface area contributed by atoms with Gasteiger partial charge in [0.15, 0.2) is 5.76 Å². The molecule has 0 aliphatic heterocycles. The minimum absolute atomic E-state index is 0.0327. The highest BCUT2D eigenvalue weighted by Gasteiger charge is 2.15. The molecule has 2 heterocycles. The third kappa shape index (κ3) is 4.83. The molecule has 0 aliphatic rings. The van der Waals surface area contributed by atoms with Crippen molar-refractivity contribution in [1.82, 2.24) is 15.1 Å².